The van der Waals surface area contributed by atoms with Crippen LogP contribution in [0.1, 0.15) is 11.6 Å². The molecule has 0 aromatic heterocycles. The minimum atomic E-state index is -3.69. The Kier molecular flexibility index (Phi) is 6.89. The fraction of sp³-hybridized carbons (Fsp3) is 0.217. The molecule has 1 fully saturated rings. The first-order valence-corrected chi connectivity index (χ1v) is 12.5. The SMILES string of the molecule is COc1ccc(S(=O)(=O)N2CCN(c3ccc(Cl)cc3Cl)C(c3ccc(Cl)cc3)C2)cc1. The highest BCUT2D eigenvalue weighted by Gasteiger charge is 2.35. The number of halogens is 3. The van der Waals surface area contributed by atoms with Crippen LogP contribution < -0.4 is 9.64 Å². The number of ether oxygens (including phenoxy) is 1. The average Bonchev–Trinajstić information content (AvgIpc) is 2.79. The molecule has 1 heterocycles. The number of nitrogens with zero attached hydrogens (tertiary/aromatic N) is 2. The third kappa shape index (κ3) is 4.70. The molecule has 0 aliphatic carbocycles. The summed E-state index contributed by atoms with van der Waals surface area (Å²) in [7, 11) is -2.14. The smallest absolute Gasteiger partial charge is 0.243 e. The van der Waals surface area contributed by atoms with Gasteiger partial charge in [-0.25, -0.2) is 8.42 Å². The highest BCUT2D eigenvalue weighted by atomic mass is 35.5. The molecule has 0 spiro atoms. The molecule has 9 heteroatoms. The van der Waals surface area contributed by atoms with Gasteiger partial charge in [0.05, 0.1) is 28.8 Å². The number of piperazine rings is 1. The number of hydrogen-bond donors (Lipinski definition) is 0. The van der Waals surface area contributed by atoms with Gasteiger partial charge in [-0.05, 0) is 60.2 Å². The molecule has 1 saturated heterocycles. The van der Waals surface area contributed by atoms with Crippen molar-refractivity contribution in [2.24, 2.45) is 0 Å². The monoisotopic (exact) mass is 510 g/mol. The van der Waals surface area contributed by atoms with E-state index in [1.165, 1.54) is 4.31 Å². The number of anilines is 1. The van der Waals surface area contributed by atoms with Gasteiger partial charge in [-0.1, -0.05) is 46.9 Å². The Morgan fingerprint density at radius 2 is 1.53 bits per heavy atom. The van der Waals surface area contributed by atoms with Crippen LogP contribution in [0.4, 0.5) is 5.69 Å². The van der Waals surface area contributed by atoms with Gasteiger partial charge in [0, 0.05) is 29.7 Å². The predicted octanol–water partition coefficient (Wildman–Crippen LogP) is 5.91. The van der Waals surface area contributed by atoms with Crippen molar-refractivity contribution in [2.45, 2.75) is 10.9 Å². The van der Waals surface area contributed by atoms with Crippen molar-refractivity contribution in [3.8, 4) is 5.75 Å². The Hall–Kier alpha value is -1.96. The number of hydrogen-bond acceptors (Lipinski definition) is 4. The fourth-order valence-corrected chi connectivity index (χ4v) is 5.93. The van der Waals surface area contributed by atoms with Crippen molar-refractivity contribution in [3.05, 3.63) is 87.4 Å². The molecule has 4 rings (SSSR count). The molecule has 1 aliphatic heterocycles. The van der Waals surface area contributed by atoms with E-state index in [0.29, 0.717) is 33.9 Å². The minimum absolute atomic E-state index is 0.228. The maximum Gasteiger partial charge on any atom is 0.243 e. The molecule has 0 radical (unpaired) electrons. The third-order valence-electron chi connectivity index (χ3n) is 5.51. The zero-order valence-corrected chi connectivity index (χ0v) is 20.3. The van der Waals surface area contributed by atoms with Gasteiger partial charge in [0.1, 0.15) is 5.75 Å². The molecule has 0 N–H and O–H groups in total. The van der Waals surface area contributed by atoms with Crippen molar-refractivity contribution in [1.29, 1.82) is 0 Å². The maximum atomic E-state index is 13.4. The lowest BCUT2D eigenvalue weighted by Crippen LogP contribution is -2.50. The summed E-state index contributed by atoms with van der Waals surface area (Å²) in [6.45, 7) is 1.04. The van der Waals surface area contributed by atoms with Gasteiger partial charge in [0.15, 0.2) is 0 Å². The quantitative estimate of drug-likeness (QED) is 0.427. The molecule has 0 amide bonds. The summed E-state index contributed by atoms with van der Waals surface area (Å²) < 4.78 is 33.4. The third-order valence-corrected chi connectivity index (χ3v) is 8.18. The average molecular weight is 512 g/mol. The summed E-state index contributed by atoms with van der Waals surface area (Å²) in [6.07, 6.45) is 0. The van der Waals surface area contributed by atoms with Gasteiger partial charge in [-0.3, -0.25) is 0 Å². The van der Waals surface area contributed by atoms with Crippen LogP contribution in [0.3, 0.4) is 0 Å². The summed E-state index contributed by atoms with van der Waals surface area (Å²) in [5.74, 6) is 0.602. The number of benzene rings is 3. The summed E-state index contributed by atoms with van der Waals surface area (Å²) in [6, 6.07) is 18.9. The van der Waals surface area contributed by atoms with Crippen molar-refractivity contribution >= 4 is 50.5 Å². The maximum absolute atomic E-state index is 13.4. The minimum Gasteiger partial charge on any atom is -0.497 e. The van der Waals surface area contributed by atoms with Crippen LogP contribution in [0.25, 0.3) is 0 Å². The second-order valence-corrected chi connectivity index (χ2v) is 10.6. The highest BCUT2D eigenvalue weighted by Crippen LogP contribution is 2.38. The van der Waals surface area contributed by atoms with E-state index in [1.54, 1.807) is 55.6 Å². The summed E-state index contributed by atoms with van der Waals surface area (Å²) in [5, 5.41) is 1.67. The molecule has 3 aromatic rings. The second kappa shape index (κ2) is 9.49. The Morgan fingerprint density at radius 1 is 0.875 bits per heavy atom. The van der Waals surface area contributed by atoms with Crippen LogP contribution in [-0.4, -0.2) is 39.5 Å². The lowest BCUT2D eigenvalue weighted by molar-refractivity contribution is 0.335. The van der Waals surface area contributed by atoms with Gasteiger partial charge in [-0.2, -0.15) is 4.31 Å². The van der Waals surface area contributed by atoms with Crippen LogP contribution in [0.2, 0.25) is 15.1 Å². The first kappa shape index (κ1) is 23.2. The summed E-state index contributed by atoms with van der Waals surface area (Å²) in [4.78, 5) is 2.34. The molecule has 32 heavy (non-hydrogen) atoms. The van der Waals surface area contributed by atoms with E-state index in [2.05, 4.69) is 4.90 Å². The van der Waals surface area contributed by atoms with E-state index in [4.69, 9.17) is 39.5 Å². The predicted molar refractivity (Wildman–Crippen MR) is 130 cm³/mol. The van der Waals surface area contributed by atoms with Crippen molar-refractivity contribution in [1.82, 2.24) is 4.31 Å². The Labute approximate surface area is 203 Å². The van der Waals surface area contributed by atoms with E-state index in [0.717, 1.165) is 11.3 Å². The molecule has 1 aliphatic rings. The van der Waals surface area contributed by atoms with E-state index in [-0.39, 0.29) is 17.5 Å². The normalized spacial score (nSPS) is 17.4. The molecular formula is C23H21Cl3N2O3S. The topological polar surface area (TPSA) is 49.9 Å². The van der Waals surface area contributed by atoms with Gasteiger partial charge >= 0.3 is 0 Å². The highest BCUT2D eigenvalue weighted by molar-refractivity contribution is 7.89. The first-order chi connectivity index (χ1) is 15.3. The second-order valence-electron chi connectivity index (χ2n) is 7.40. The van der Waals surface area contributed by atoms with Gasteiger partial charge in [0.2, 0.25) is 10.0 Å². The van der Waals surface area contributed by atoms with Crippen LogP contribution in [0, 0.1) is 0 Å². The lowest BCUT2D eigenvalue weighted by Gasteiger charge is -2.42. The Morgan fingerprint density at radius 3 is 2.16 bits per heavy atom. The molecule has 3 aromatic carbocycles. The molecule has 0 saturated carbocycles. The van der Waals surface area contributed by atoms with Gasteiger partial charge in [-0.15, -0.1) is 0 Å². The molecule has 1 unspecified atom stereocenters. The van der Waals surface area contributed by atoms with E-state index in [9.17, 15) is 8.42 Å². The van der Waals surface area contributed by atoms with E-state index in [1.807, 2.05) is 18.2 Å². The largest absolute Gasteiger partial charge is 0.497 e. The number of rotatable bonds is 5. The standard InChI is InChI=1S/C23H21Cl3N2O3S/c1-31-19-7-9-20(10-8-19)32(29,30)27-12-13-28(22-11-6-18(25)14-21(22)26)23(15-27)16-2-4-17(24)5-3-16/h2-11,14,23H,12-13,15H2,1H3. The van der Waals surface area contributed by atoms with Gasteiger partial charge < -0.3 is 9.64 Å². The molecule has 1 atom stereocenters. The lowest BCUT2D eigenvalue weighted by atomic mass is 10.0. The van der Waals surface area contributed by atoms with E-state index >= 15 is 0 Å². The van der Waals surface area contributed by atoms with Crippen LogP contribution in [0.5, 0.6) is 5.75 Å². The molecule has 168 valence electrons. The molecular weight excluding hydrogens is 491 g/mol. The van der Waals surface area contributed by atoms with Crippen LogP contribution >= 0.6 is 34.8 Å². The molecule has 5 nitrogen and oxygen atoms in total. The Bertz CT molecular complexity index is 1200. The summed E-state index contributed by atoms with van der Waals surface area (Å²) >= 11 is 18.7. The fourth-order valence-electron chi connectivity index (χ4n) is 3.85. The zero-order chi connectivity index (χ0) is 22.9. The van der Waals surface area contributed by atoms with Crippen LogP contribution in [-0.2, 0) is 10.0 Å². The number of methoxy groups -OCH3 is 1. The van der Waals surface area contributed by atoms with Crippen molar-refractivity contribution in [2.75, 3.05) is 31.6 Å². The Balaban J connectivity index is 1.70. The van der Waals surface area contributed by atoms with E-state index < -0.39 is 10.0 Å². The molecule has 0 bridgehead atoms. The summed E-state index contributed by atoms with van der Waals surface area (Å²) in [5.41, 5.74) is 1.74. The van der Waals surface area contributed by atoms with Gasteiger partial charge in [0.25, 0.3) is 0 Å². The number of sulfonamides is 1. The van der Waals surface area contributed by atoms with Crippen molar-refractivity contribution in [3.63, 3.8) is 0 Å². The van der Waals surface area contributed by atoms with Crippen molar-refractivity contribution < 1.29 is 13.2 Å². The van der Waals surface area contributed by atoms with Crippen LogP contribution in [0.15, 0.2) is 71.6 Å². The first-order valence-electron chi connectivity index (χ1n) is 9.91. The zero-order valence-electron chi connectivity index (χ0n) is 17.2.